The second-order valence-electron chi connectivity index (χ2n) is 3.46. The van der Waals surface area contributed by atoms with Crippen molar-refractivity contribution in [3.05, 3.63) is 0 Å². The quantitative estimate of drug-likeness (QED) is 0.506. The van der Waals surface area contributed by atoms with E-state index in [-0.39, 0.29) is 5.97 Å². The van der Waals surface area contributed by atoms with Gasteiger partial charge in [-0.15, -0.1) is 0 Å². The van der Waals surface area contributed by atoms with E-state index in [4.69, 9.17) is 0 Å². The molecule has 13 heavy (non-hydrogen) atoms. The maximum atomic E-state index is 10.8. The number of esters is 1. The lowest BCUT2D eigenvalue weighted by atomic mass is 10.1. The lowest BCUT2D eigenvalue weighted by molar-refractivity contribution is -0.140. The van der Waals surface area contributed by atoms with E-state index in [0.717, 1.165) is 11.7 Å². The second-order valence-corrected chi connectivity index (χ2v) is 4.87. The van der Waals surface area contributed by atoms with Crippen LogP contribution in [0.15, 0.2) is 0 Å². The van der Waals surface area contributed by atoms with Crippen molar-refractivity contribution in [3.8, 4) is 0 Å². The molecule has 0 amide bonds. The van der Waals surface area contributed by atoms with Crippen LogP contribution in [0.5, 0.6) is 0 Å². The highest BCUT2D eigenvalue weighted by Crippen LogP contribution is 2.29. The molecule has 0 aromatic rings. The summed E-state index contributed by atoms with van der Waals surface area (Å²) in [4.78, 5) is 10.8. The Balaban J connectivity index is 1.91. The van der Waals surface area contributed by atoms with Crippen LogP contribution in [0.2, 0.25) is 0 Å². The lowest BCUT2D eigenvalue weighted by Gasteiger charge is -2.06. The van der Waals surface area contributed by atoms with Gasteiger partial charge >= 0.3 is 5.97 Å². The molecule has 0 aromatic heterocycles. The largest absolute Gasteiger partial charge is 0.469 e. The van der Waals surface area contributed by atoms with Crippen molar-refractivity contribution in [2.45, 2.75) is 43.8 Å². The number of unbranched alkanes of at least 4 members (excludes halogenated alkanes) is 1. The fraction of sp³-hybridized carbons (Fsp3) is 0.900. The van der Waals surface area contributed by atoms with Crippen LogP contribution in [0.4, 0.5) is 0 Å². The molecule has 1 rings (SSSR count). The molecule has 0 N–H and O–H groups in total. The minimum Gasteiger partial charge on any atom is -0.469 e. The fourth-order valence-electron chi connectivity index (χ4n) is 1.62. The molecule has 0 unspecified atom stereocenters. The van der Waals surface area contributed by atoms with Crippen molar-refractivity contribution in [2.24, 2.45) is 0 Å². The maximum Gasteiger partial charge on any atom is 0.305 e. The van der Waals surface area contributed by atoms with Crippen LogP contribution < -0.4 is 0 Å². The summed E-state index contributed by atoms with van der Waals surface area (Å²) in [6, 6.07) is 0. The number of hydrogen-bond donors (Lipinski definition) is 0. The topological polar surface area (TPSA) is 26.3 Å². The Morgan fingerprint density at radius 3 is 3.00 bits per heavy atom. The molecular formula is C10H18O2S. The first-order chi connectivity index (χ1) is 6.33. The molecular weight excluding hydrogens is 184 g/mol. The first-order valence-corrected chi connectivity index (χ1v) is 6.06. The standard InChI is InChI=1S/C10H18O2S/c1-12-10(11)7-3-2-5-9-6-4-8-13-9/h9H,2-8H2,1H3/t9-/m0/s1. The van der Waals surface area contributed by atoms with Gasteiger partial charge in [-0.2, -0.15) is 11.8 Å². The number of carbonyl (C=O) groups is 1. The first kappa shape index (κ1) is 10.9. The minimum absolute atomic E-state index is 0.0703. The summed E-state index contributed by atoms with van der Waals surface area (Å²) in [5, 5.41) is 0.873. The van der Waals surface area contributed by atoms with Gasteiger partial charge in [0.15, 0.2) is 0 Å². The van der Waals surface area contributed by atoms with E-state index in [2.05, 4.69) is 16.5 Å². The highest BCUT2D eigenvalue weighted by Gasteiger charge is 2.14. The van der Waals surface area contributed by atoms with Gasteiger partial charge in [-0.25, -0.2) is 0 Å². The molecule has 1 atom stereocenters. The predicted octanol–water partition coefficient (Wildman–Crippen LogP) is 2.62. The molecule has 3 heteroatoms. The van der Waals surface area contributed by atoms with Gasteiger partial charge in [0.05, 0.1) is 7.11 Å². The van der Waals surface area contributed by atoms with E-state index in [0.29, 0.717) is 6.42 Å². The van der Waals surface area contributed by atoms with Crippen LogP contribution >= 0.6 is 11.8 Å². The number of methoxy groups -OCH3 is 1. The summed E-state index contributed by atoms with van der Waals surface area (Å²) in [6.07, 6.45) is 6.79. The maximum absolute atomic E-state index is 10.8. The zero-order chi connectivity index (χ0) is 9.52. The smallest absolute Gasteiger partial charge is 0.305 e. The van der Waals surface area contributed by atoms with Gasteiger partial charge in [0, 0.05) is 11.7 Å². The van der Waals surface area contributed by atoms with Crippen LogP contribution in [0, 0.1) is 0 Å². The number of hydrogen-bond acceptors (Lipinski definition) is 3. The third kappa shape index (κ3) is 4.55. The number of rotatable bonds is 5. The van der Waals surface area contributed by atoms with Gasteiger partial charge in [-0.05, 0) is 31.4 Å². The SMILES string of the molecule is COC(=O)CCCC[C@H]1CCCS1. The third-order valence-electron chi connectivity index (χ3n) is 2.41. The Labute approximate surface area is 84.4 Å². The van der Waals surface area contributed by atoms with Crippen molar-refractivity contribution in [1.29, 1.82) is 0 Å². The van der Waals surface area contributed by atoms with Gasteiger partial charge in [0.1, 0.15) is 0 Å². The predicted molar refractivity (Wildman–Crippen MR) is 56.0 cm³/mol. The highest BCUT2D eigenvalue weighted by molar-refractivity contribution is 8.00. The Hall–Kier alpha value is -0.180. The average Bonchev–Trinajstić information content (AvgIpc) is 2.64. The van der Waals surface area contributed by atoms with Gasteiger partial charge in [-0.1, -0.05) is 6.42 Å². The van der Waals surface area contributed by atoms with Crippen LogP contribution in [0.1, 0.15) is 38.5 Å². The van der Waals surface area contributed by atoms with E-state index in [1.165, 1.54) is 38.5 Å². The monoisotopic (exact) mass is 202 g/mol. The van der Waals surface area contributed by atoms with Crippen LogP contribution in [-0.2, 0) is 9.53 Å². The molecule has 1 aliphatic heterocycles. The van der Waals surface area contributed by atoms with Gasteiger partial charge in [0.25, 0.3) is 0 Å². The molecule has 1 saturated heterocycles. The second kappa shape index (κ2) is 6.30. The summed E-state index contributed by atoms with van der Waals surface area (Å²) < 4.78 is 4.58. The zero-order valence-electron chi connectivity index (χ0n) is 8.25. The lowest BCUT2D eigenvalue weighted by Crippen LogP contribution is -2.01. The normalized spacial score (nSPS) is 21.8. The van der Waals surface area contributed by atoms with Crippen molar-refractivity contribution < 1.29 is 9.53 Å². The van der Waals surface area contributed by atoms with Crippen molar-refractivity contribution in [1.82, 2.24) is 0 Å². The fourth-order valence-corrected chi connectivity index (χ4v) is 2.95. The van der Waals surface area contributed by atoms with Gasteiger partial charge in [0.2, 0.25) is 0 Å². The summed E-state index contributed by atoms with van der Waals surface area (Å²) >= 11 is 2.09. The summed E-state index contributed by atoms with van der Waals surface area (Å²) in [5.41, 5.74) is 0. The number of carbonyl (C=O) groups excluding carboxylic acids is 1. The Bertz CT molecular complexity index is 153. The molecule has 0 radical (unpaired) electrons. The Morgan fingerprint density at radius 1 is 1.54 bits per heavy atom. The van der Waals surface area contributed by atoms with E-state index in [9.17, 15) is 4.79 Å². The van der Waals surface area contributed by atoms with Crippen molar-refractivity contribution in [2.75, 3.05) is 12.9 Å². The van der Waals surface area contributed by atoms with Gasteiger partial charge in [-0.3, -0.25) is 4.79 Å². The average molecular weight is 202 g/mol. The molecule has 1 heterocycles. The van der Waals surface area contributed by atoms with Crippen LogP contribution in [0.3, 0.4) is 0 Å². The van der Waals surface area contributed by atoms with Crippen LogP contribution in [0.25, 0.3) is 0 Å². The van der Waals surface area contributed by atoms with Crippen molar-refractivity contribution in [3.63, 3.8) is 0 Å². The third-order valence-corrected chi connectivity index (χ3v) is 3.88. The molecule has 76 valence electrons. The number of ether oxygens (including phenoxy) is 1. The summed E-state index contributed by atoms with van der Waals surface area (Å²) in [5.74, 6) is 1.26. The Morgan fingerprint density at radius 2 is 2.38 bits per heavy atom. The molecule has 0 aromatic carbocycles. The van der Waals surface area contributed by atoms with Crippen LogP contribution in [-0.4, -0.2) is 24.1 Å². The molecule has 1 fully saturated rings. The zero-order valence-corrected chi connectivity index (χ0v) is 9.07. The molecule has 0 spiro atoms. The van der Waals surface area contributed by atoms with E-state index in [1.54, 1.807) is 0 Å². The first-order valence-electron chi connectivity index (χ1n) is 5.01. The molecule has 0 bridgehead atoms. The van der Waals surface area contributed by atoms with E-state index in [1.807, 2.05) is 0 Å². The minimum atomic E-state index is -0.0703. The Kier molecular flexibility index (Phi) is 5.28. The molecule has 2 nitrogen and oxygen atoms in total. The highest BCUT2D eigenvalue weighted by atomic mass is 32.2. The number of thioether (sulfide) groups is 1. The summed E-state index contributed by atoms with van der Waals surface area (Å²) in [6.45, 7) is 0. The molecule has 1 aliphatic rings. The van der Waals surface area contributed by atoms with Crippen molar-refractivity contribution >= 4 is 17.7 Å². The molecule has 0 aliphatic carbocycles. The van der Waals surface area contributed by atoms with Gasteiger partial charge < -0.3 is 4.74 Å². The van der Waals surface area contributed by atoms with E-state index >= 15 is 0 Å². The summed E-state index contributed by atoms with van der Waals surface area (Å²) in [7, 11) is 1.45. The molecule has 0 saturated carbocycles. The van der Waals surface area contributed by atoms with E-state index < -0.39 is 0 Å².